The fourth-order valence-electron chi connectivity index (χ4n) is 5.83. The summed E-state index contributed by atoms with van der Waals surface area (Å²) in [6.07, 6.45) is 4.91. The van der Waals surface area contributed by atoms with Crippen LogP contribution in [0.4, 0.5) is 17.1 Å². The highest BCUT2D eigenvalue weighted by Crippen LogP contribution is 2.53. The van der Waals surface area contributed by atoms with Crippen molar-refractivity contribution in [2.75, 3.05) is 22.9 Å². The molecule has 1 amide bonds. The first kappa shape index (κ1) is 21.4. The molecule has 3 heterocycles. The maximum absolute atomic E-state index is 12.7. The van der Waals surface area contributed by atoms with E-state index in [9.17, 15) is 4.79 Å². The van der Waals surface area contributed by atoms with Crippen molar-refractivity contribution in [1.29, 1.82) is 0 Å². The fourth-order valence-corrected chi connectivity index (χ4v) is 6.97. The number of anilines is 3. The summed E-state index contributed by atoms with van der Waals surface area (Å²) in [6, 6.07) is 23.8. The second-order valence-electron chi connectivity index (χ2n) is 9.73. The molecule has 172 valence electrons. The third kappa shape index (κ3) is 2.96. The molecule has 0 aromatic heterocycles. The molecular weight excluding hydrogens is 438 g/mol. The largest absolute Gasteiger partial charge is 0.344 e. The van der Waals surface area contributed by atoms with Gasteiger partial charge in [-0.25, -0.2) is 0 Å². The van der Waals surface area contributed by atoms with Gasteiger partial charge in [-0.2, -0.15) is 0 Å². The van der Waals surface area contributed by atoms with E-state index in [1.807, 2.05) is 11.8 Å². The Morgan fingerprint density at radius 1 is 0.971 bits per heavy atom. The van der Waals surface area contributed by atoms with Crippen LogP contribution in [0.2, 0.25) is 0 Å². The zero-order valence-electron chi connectivity index (χ0n) is 19.8. The van der Waals surface area contributed by atoms with E-state index >= 15 is 0 Å². The van der Waals surface area contributed by atoms with Crippen LogP contribution in [0.25, 0.3) is 6.08 Å². The van der Waals surface area contributed by atoms with E-state index < -0.39 is 5.66 Å². The number of fused-ring (bicyclic) bond motifs is 5. The second-order valence-corrected chi connectivity index (χ2v) is 10.8. The zero-order valence-corrected chi connectivity index (χ0v) is 20.7. The molecule has 3 aromatic carbocycles. The second kappa shape index (κ2) is 7.67. The third-order valence-electron chi connectivity index (χ3n) is 7.62. The molecule has 0 aliphatic carbocycles. The Balaban J connectivity index is 1.40. The molecule has 1 N–H and O–H groups in total. The molecule has 4 nitrogen and oxygen atoms in total. The van der Waals surface area contributed by atoms with E-state index in [4.69, 9.17) is 0 Å². The third-order valence-corrected chi connectivity index (χ3v) is 8.74. The summed E-state index contributed by atoms with van der Waals surface area (Å²) in [6.45, 7) is 8.32. The van der Waals surface area contributed by atoms with E-state index in [1.54, 1.807) is 0 Å². The summed E-state index contributed by atoms with van der Waals surface area (Å²) in [5.41, 5.74) is 5.31. The molecule has 3 aliphatic heterocycles. The maximum Gasteiger partial charge on any atom is 0.223 e. The number of nitrogens with zero attached hydrogens (tertiary/aromatic N) is 2. The van der Waals surface area contributed by atoms with Gasteiger partial charge in [-0.15, -0.1) is 0 Å². The molecule has 3 aromatic rings. The topological polar surface area (TPSA) is 35.6 Å². The van der Waals surface area contributed by atoms with E-state index in [1.165, 1.54) is 32.4 Å². The van der Waals surface area contributed by atoms with Crippen molar-refractivity contribution in [3.63, 3.8) is 0 Å². The number of hydrogen-bond donors (Lipinski definition) is 1. The van der Waals surface area contributed by atoms with E-state index in [0.717, 1.165) is 18.7 Å². The average Bonchev–Trinajstić information content (AvgIpc) is 3.04. The van der Waals surface area contributed by atoms with Crippen LogP contribution in [0.5, 0.6) is 0 Å². The molecule has 1 unspecified atom stereocenters. The predicted molar refractivity (Wildman–Crippen MR) is 141 cm³/mol. The number of nitrogens with one attached hydrogen (secondary N) is 1. The lowest BCUT2D eigenvalue weighted by molar-refractivity contribution is -0.124. The van der Waals surface area contributed by atoms with Crippen LogP contribution in [-0.2, 0) is 10.2 Å². The van der Waals surface area contributed by atoms with Crippen molar-refractivity contribution in [2.24, 2.45) is 0 Å². The van der Waals surface area contributed by atoms with Crippen molar-refractivity contribution in [3.8, 4) is 0 Å². The first-order valence-electron chi connectivity index (χ1n) is 12.0. The van der Waals surface area contributed by atoms with Crippen LogP contribution in [0.15, 0.2) is 82.6 Å². The number of rotatable bonds is 3. The average molecular weight is 468 g/mol. The Labute approximate surface area is 205 Å². The maximum atomic E-state index is 12.7. The number of carbonyl (C=O) groups is 1. The number of benzene rings is 3. The number of para-hydroxylation sites is 2. The Morgan fingerprint density at radius 3 is 2.53 bits per heavy atom. The van der Waals surface area contributed by atoms with Gasteiger partial charge in [-0.1, -0.05) is 68.1 Å². The monoisotopic (exact) mass is 467 g/mol. The van der Waals surface area contributed by atoms with Gasteiger partial charge in [-0.3, -0.25) is 4.79 Å². The molecule has 0 bridgehead atoms. The van der Waals surface area contributed by atoms with Gasteiger partial charge in [0.25, 0.3) is 0 Å². The fraction of sp³-hybridized carbons (Fsp3) is 0.276. The standard InChI is InChI=1S/C29H29N3OS/c1-4-31-23-11-7-8-12-25(23)34-26-19-20(13-14-24(26)31)15-17-29-28(2,3)21-9-5-6-10-22(21)32(29)18-16-27(33)30-29/h5-15,17,19H,4,16,18H2,1-3H3,(H,30,33)/b17-15+. The molecule has 3 aliphatic rings. The molecule has 1 fully saturated rings. The van der Waals surface area contributed by atoms with Crippen molar-refractivity contribution in [1.82, 2.24) is 5.32 Å². The number of amides is 1. The minimum Gasteiger partial charge on any atom is -0.344 e. The molecule has 5 heteroatoms. The van der Waals surface area contributed by atoms with Crippen molar-refractivity contribution in [3.05, 3.63) is 83.9 Å². The van der Waals surface area contributed by atoms with Crippen LogP contribution in [0.3, 0.4) is 0 Å². The highest BCUT2D eigenvalue weighted by molar-refractivity contribution is 7.99. The van der Waals surface area contributed by atoms with Crippen molar-refractivity contribution < 1.29 is 4.79 Å². The van der Waals surface area contributed by atoms with Crippen LogP contribution < -0.4 is 15.1 Å². The van der Waals surface area contributed by atoms with Gasteiger partial charge in [0.15, 0.2) is 0 Å². The number of carbonyl (C=O) groups excluding carboxylic acids is 1. The SMILES string of the molecule is CCN1c2ccccc2Sc2cc(/C=C/C34NC(=O)CCN3c3ccccc3C4(C)C)ccc21. The lowest BCUT2D eigenvalue weighted by Crippen LogP contribution is -2.68. The Bertz CT molecular complexity index is 1330. The summed E-state index contributed by atoms with van der Waals surface area (Å²) >= 11 is 1.83. The number of hydrogen-bond acceptors (Lipinski definition) is 4. The molecule has 1 atom stereocenters. The summed E-state index contributed by atoms with van der Waals surface area (Å²) in [7, 11) is 0. The Kier molecular flexibility index (Phi) is 4.82. The quantitative estimate of drug-likeness (QED) is 0.488. The van der Waals surface area contributed by atoms with Crippen molar-refractivity contribution >= 4 is 40.8 Å². The van der Waals surface area contributed by atoms with Gasteiger partial charge in [0, 0.05) is 40.4 Å². The molecule has 6 rings (SSSR count). The van der Waals surface area contributed by atoms with Crippen LogP contribution >= 0.6 is 11.8 Å². The van der Waals surface area contributed by atoms with Gasteiger partial charge >= 0.3 is 0 Å². The minimum atomic E-state index is -0.586. The smallest absolute Gasteiger partial charge is 0.223 e. The molecule has 0 spiro atoms. The Morgan fingerprint density at radius 2 is 1.71 bits per heavy atom. The van der Waals surface area contributed by atoms with E-state index in [2.05, 4.69) is 115 Å². The van der Waals surface area contributed by atoms with Crippen LogP contribution in [-0.4, -0.2) is 24.7 Å². The molecular formula is C29H29N3OS. The summed E-state index contributed by atoms with van der Waals surface area (Å²) in [4.78, 5) is 20.0. The minimum absolute atomic E-state index is 0.109. The highest BCUT2D eigenvalue weighted by atomic mass is 32.2. The lowest BCUT2D eigenvalue weighted by atomic mass is 9.74. The van der Waals surface area contributed by atoms with Crippen LogP contribution in [0.1, 0.15) is 38.3 Å². The van der Waals surface area contributed by atoms with Crippen molar-refractivity contribution in [2.45, 2.75) is 48.1 Å². The van der Waals surface area contributed by atoms with Gasteiger partial charge < -0.3 is 15.1 Å². The Hall–Kier alpha value is -3.18. The lowest BCUT2D eigenvalue weighted by Gasteiger charge is -2.49. The summed E-state index contributed by atoms with van der Waals surface area (Å²) in [5, 5.41) is 3.38. The van der Waals surface area contributed by atoms with Gasteiger partial charge in [0.2, 0.25) is 5.91 Å². The van der Waals surface area contributed by atoms with E-state index in [-0.39, 0.29) is 11.3 Å². The molecule has 0 radical (unpaired) electrons. The molecule has 34 heavy (non-hydrogen) atoms. The van der Waals surface area contributed by atoms with Gasteiger partial charge in [0.05, 0.1) is 11.4 Å². The van der Waals surface area contributed by atoms with E-state index in [0.29, 0.717) is 6.42 Å². The highest BCUT2D eigenvalue weighted by Gasteiger charge is 2.57. The summed E-state index contributed by atoms with van der Waals surface area (Å²) in [5.74, 6) is 0.109. The van der Waals surface area contributed by atoms with Gasteiger partial charge in [0.1, 0.15) is 5.66 Å². The zero-order chi connectivity index (χ0) is 23.5. The van der Waals surface area contributed by atoms with Gasteiger partial charge in [-0.05, 0) is 54.5 Å². The molecule has 1 saturated heterocycles. The first-order valence-corrected chi connectivity index (χ1v) is 12.8. The normalized spacial score (nSPS) is 22.1. The molecule has 0 saturated carbocycles. The summed E-state index contributed by atoms with van der Waals surface area (Å²) < 4.78 is 0. The first-order chi connectivity index (χ1) is 16.4. The van der Waals surface area contributed by atoms with Crippen LogP contribution in [0, 0.1) is 0 Å². The predicted octanol–water partition coefficient (Wildman–Crippen LogP) is 6.34.